The van der Waals surface area contributed by atoms with E-state index >= 15 is 0 Å². The van der Waals surface area contributed by atoms with Crippen LogP contribution in [0.1, 0.15) is 24.0 Å². The van der Waals surface area contributed by atoms with Gasteiger partial charge in [-0.2, -0.15) is 0 Å². The molecule has 20 heavy (non-hydrogen) atoms. The molecule has 0 aromatic heterocycles. The molecule has 0 aliphatic carbocycles. The van der Waals surface area contributed by atoms with Gasteiger partial charge in [0, 0.05) is 6.42 Å². The monoisotopic (exact) mass is 280 g/mol. The molecule has 1 rings (SSSR count). The molecule has 0 aliphatic rings. The molecule has 110 valence electrons. The first-order chi connectivity index (χ1) is 9.56. The SMILES string of the molecule is Cc1ccc(CCCC(=O)NC(CO)C(=O)NO)cc1. The minimum atomic E-state index is -1.12. The Morgan fingerprint density at radius 2 is 1.90 bits per heavy atom. The first-order valence-corrected chi connectivity index (χ1v) is 6.46. The van der Waals surface area contributed by atoms with Crippen molar-refractivity contribution in [3.05, 3.63) is 35.4 Å². The number of benzene rings is 1. The average molecular weight is 280 g/mol. The first-order valence-electron chi connectivity index (χ1n) is 6.46. The molecule has 0 radical (unpaired) electrons. The fourth-order valence-electron chi connectivity index (χ4n) is 1.75. The predicted octanol–water partition coefficient (Wildman–Crippen LogP) is 0.300. The smallest absolute Gasteiger partial charge is 0.268 e. The van der Waals surface area contributed by atoms with Gasteiger partial charge in [-0.25, -0.2) is 5.48 Å². The highest BCUT2D eigenvalue weighted by Crippen LogP contribution is 2.07. The molecule has 0 fully saturated rings. The van der Waals surface area contributed by atoms with Crippen molar-refractivity contribution in [3.63, 3.8) is 0 Å². The molecular formula is C14H20N2O4. The predicted molar refractivity (Wildman–Crippen MR) is 73.1 cm³/mol. The number of hydroxylamine groups is 1. The molecule has 2 amide bonds. The zero-order chi connectivity index (χ0) is 15.0. The Balaban J connectivity index is 2.32. The van der Waals surface area contributed by atoms with Crippen LogP contribution in [0.4, 0.5) is 0 Å². The molecule has 1 unspecified atom stereocenters. The van der Waals surface area contributed by atoms with Gasteiger partial charge >= 0.3 is 0 Å². The lowest BCUT2D eigenvalue weighted by molar-refractivity contribution is -0.135. The van der Waals surface area contributed by atoms with Gasteiger partial charge < -0.3 is 10.4 Å². The highest BCUT2D eigenvalue weighted by molar-refractivity contribution is 5.87. The van der Waals surface area contributed by atoms with Crippen molar-refractivity contribution in [2.24, 2.45) is 0 Å². The molecule has 6 nitrogen and oxygen atoms in total. The van der Waals surface area contributed by atoms with Gasteiger partial charge in [0.2, 0.25) is 5.91 Å². The lowest BCUT2D eigenvalue weighted by Gasteiger charge is -2.13. The number of amides is 2. The second-order valence-corrected chi connectivity index (χ2v) is 4.62. The number of hydrogen-bond acceptors (Lipinski definition) is 4. The maximum absolute atomic E-state index is 11.6. The Morgan fingerprint density at radius 1 is 1.25 bits per heavy atom. The summed E-state index contributed by atoms with van der Waals surface area (Å²) in [5.41, 5.74) is 3.73. The fraction of sp³-hybridized carbons (Fsp3) is 0.429. The minimum absolute atomic E-state index is 0.253. The average Bonchev–Trinajstić information content (AvgIpc) is 2.46. The van der Waals surface area contributed by atoms with Crippen molar-refractivity contribution >= 4 is 11.8 Å². The zero-order valence-electron chi connectivity index (χ0n) is 11.4. The molecule has 0 saturated heterocycles. The molecule has 0 aliphatic heterocycles. The molecule has 1 aromatic carbocycles. The summed E-state index contributed by atoms with van der Waals surface area (Å²) in [4.78, 5) is 22.7. The van der Waals surface area contributed by atoms with E-state index in [1.165, 1.54) is 11.0 Å². The van der Waals surface area contributed by atoms with E-state index < -0.39 is 18.6 Å². The number of hydrogen-bond donors (Lipinski definition) is 4. The van der Waals surface area contributed by atoms with Crippen LogP contribution >= 0.6 is 0 Å². The largest absolute Gasteiger partial charge is 0.394 e. The minimum Gasteiger partial charge on any atom is -0.394 e. The topological polar surface area (TPSA) is 98.7 Å². The lowest BCUT2D eigenvalue weighted by Crippen LogP contribution is -2.48. The number of rotatable bonds is 7. The van der Waals surface area contributed by atoms with E-state index in [4.69, 9.17) is 10.3 Å². The van der Waals surface area contributed by atoms with E-state index in [1.54, 1.807) is 0 Å². The summed E-state index contributed by atoms with van der Waals surface area (Å²) in [5.74, 6) is -1.17. The zero-order valence-corrected chi connectivity index (χ0v) is 11.4. The van der Waals surface area contributed by atoms with Crippen LogP contribution in [0.15, 0.2) is 24.3 Å². The Kier molecular flexibility index (Phi) is 6.69. The third-order valence-electron chi connectivity index (χ3n) is 2.93. The second-order valence-electron chi connectivity index (χ2n) is 4.62. The van der Waals surface area contributed by atoms with Crippen LogP contribution in [-0.2, 0) is 16.0 Å². The third-order valence-corrected chi connectivity index (χ3v) is 2.93. The van der Waals surface area contributed by atoms with Crippen LogP contribution in [0, 0.1) is 6.92 Å². The number of carbonyl (C=O) groups excluding carboxylic acids is 2. The van der Waals surface area contributed by atoms with Gasteiger partial charge in [0.15, 0.2) is 0 Å². The van der Waals surface area contributed by atoms with Crippen molar-refractivity contribution in [3.8, 4) is 0 Å². The highest BCUT2D eigenvalue weighted by atomic mass is 16.5. The Bertz CT molecular complexity index is 445. The summed E-state index contributed by atoms with van der Waals surface area (Å²) in [6.07, 6.45) is 1.67. The Hall–Kier alpha value is -1.92. The highest BCUT2D eigenvalue weighted by Gasteiger charge is 2.18. The summed E-state index contributed by atoms with van der Waals surface area (Å²) >= 11 is 0. The summed E-state index contributed by atoms with van der Waals surface area (Å²) < 4.78 is 0. The fourth-order valence-corrected chi connectivity index (χ4v) is 1.75. The van der Waals surface area contributed by atoms with E-state index in [0.29, 0.717) is 6.42 Å². The van der Waals surface area contributed by atoms with E-state index in [0.717, 1.165) is 12.0 Å². The van der Waals surface area contributed by atoms with E-state index in [9.17, 15) is 9.59 Å². The van der Waals surface area contributed by atoms with E-state index in [2.05, 4.69) is 5.32 Å². The quantitative estimate of drug-likeness (QED) is 0.426. The summed E-state index contributed by atoms with van der Waals surface area (Å²) in [7, 11) is 0. The van der Waals surface area contributed by atoms with Gasteiger partial charge in [0.05, 0.1) is 6.61 Å². The summed E-state index contributed by atoms with van der Waals surface area (Å²) in [6.45, 7) is 1.45. The maximum Gasteiger partial charge on any atom is 0.268 e. The number of aryl methyl sites for hydroxylation is 2. The molecule has 0 spiro atoms. The maximum atomic E-state index is 11.6. The Morgan fingerprint density at radius 3 is 2.45 bits per heavy atom. The van der Waals surface area contributed by atoms with Gasteiger partial charge in [-0.05, 0) is 25.3 Å². The number of aliphatic hydroxyl groups is 1. The molecule has 0 bridgehead atoms. The van der Waals surface area contributed by atoms with Crippen LogP contribution in [-0.4, -0.2) is 34.8 Å². The van der Waals surface area contributed by atoms with Crippen molar-refractivity contribution in [2.45, 2.75) is 32.2 Å². The second kappa shape index (κ2) is 8.29. The third kappa shape index (κ3) is 5.38. The summed E-state index contributed by atoms with van der Waals surface area (Å²) in [5, 5.41) is 19.7. The molecule has 4 N–H and O–H groups in total. The van der Waals surface area contributed by atoms with Crippen molar-refractivity contribution in [1.29, 1.82) is 0 Å². The van der Waals surface area contributed by atoms with E-state index in [1.807, 2.05) is 31.2 Å². The Labute approximate surface area is 117 Å². The normalized spacial score (nSPS) is 11.8. The molecule has 6 heteroatoms. The molecule has 0 heterocycles. The van der Waals surface area contributed by atoms with Gasteiger partial charge in [0.25, 0.3) is 5.91 Å². The van der Waals surface area contributed by atoms with Crippen molar-refractivity contribution in [2.75, 3.05) is 6.61 Å². The number of nitrogens with one attached hydrogen (secondary N) is 2. The van der Waals surface area contributed by atoms with Crippen molar-refractivity contribution < 1.29 is 19.9 Å². The van der Waals surface area contributed by atoms with Crippen LogP contribution in [0.2, 0.25) is 0 Å². The van der Waals surface area contributed by atoms with Crippen molar-refractivity contribution in [1.82, 2.24) is 10.8 Å². The molecule has 1 atom stereocenters. The summed E-state index contributed by atoms with van der Waals surface area (Å²) in [6, 6.07) is 6.95. The standard InChI is InChI=1S/C14H20N2O4/c1-10-5-7-11(8-6-10)3-2-4-13(18)15-12(9-17)14(19)16-20/h5-8,12,17,20H,2-4,9H2,1H3,(H,15,18)(H,16,19). The number of carbonyl (C=O) groups is 2. The van der Waals surface area contributed by atoms with Crippen LogP contribution in [0.3, 0.4) is 0 Å². The van der Waals surface area contributed by atoms with E-state index in [-0.39, 0.29) is 12.3 Å². The molecule has 0 saturated carbocycles. The van der Waals surface area contributed by atoms with Crippen LogP contribution in [0.5, 0.6) is 0 Å². The van der Waals surface area contributed by atoms with Crippen LogP contribution < -0.4 is 10.8 Å². The van der Waals surface area contributed by atoms with Gasteiger partial charge in [-0.1, -0.05) is 29.8 Å². The molecule has 1 aromatic rings. The van der Waals surface area contributed by atoms with Gasteiger partial charge in [-0.3, -0.25) is 14.8 Å². The van der Waals surface area contributed by atoms with Gasteiger partial charge in [0.1, 0.15) is 6.04 Å². The molecular weight excluding hydrogens is 260 g/mol. The lowest BCUT2D eigenvalue weighted by atomic mass is 10.1. The van der Waals surface area contributed by atoms with Gasteiger partial charge in [-0.15, -0.1) is 0 Å². The number of aliphatic hydroxyl groups excluding tert-OH is 1. The van der Waals surface area contributed by atoms with Crippen LogP contribution in [0.25, 0.3) is 0 Å². The first kappa shape index (κ1) is 16.1.